The lowest BCUT2D eigenvalue weighted by Crippen LogP contribution is -2.50. The Morgan fingerprint density at radius 2 is 1.40 bits per heavy atom. The number of methoxy groups -OCH3 is 2. The molecule has 2 aromatic carbocycles. The lowest BCUT2D eigenvalue weighted by atomic mass is 9.92. The van der Waals surface area contributed by atoms with Gasteiger partial charge in [0.05, 0.1) is 27.4 Å². The van der Waals surface area contributed by atoms with E-state index in [4.69, 9.17) is 23.7 Å². The van der Waals surface area contributed by atoms with Crippen molar-refractivity contribution >= 4 is 18.1 Å². The summed E-state index contributed by atoms with van der Waals surface area (Å²) in [7, 11) is 3.21. The summed E-state index contributed by atoms with van der Waals surface area (Å²) in [5.41, 5.74) is 0.983. The Kier molecular flexibility index (Phi) is 6.48. The quantitative estimate of drug-likeness (QED) is 0.393. The van der Waals surface area contributed by atoms with Crippen LogP contribution in [0.4, 0.5) is 0 Å². The van der Waals surface area contributed by atoms with Crippen molar-refractivity contribution in [3.63, 3.8) is 0 Å². The summed E-state index contributed by atoms with van der Waals surface area (Å²) in [6, 6.07) is 13.1. The van der Waals surface area contributed by atoms with Crippen molar-refractivity contribution in [1.29, 1.82) is 0 Å². The van der Waals surface area contributed by atoms with Crippen molar-refractivity contribution in [2.45, 2.75) is 26.6 Å². The maximum atomic E-state index is 12.8. The molecule has 1 aliphatic rings. The molecule has 0 aromatic heterocycles. The molecule has 6 nitrogen and oxygen atoms in total. The first-order chi connectivity index (χ1) is 14.2. The number of rotatable bonds is 6. The number of carbonyl (C=O) groups excluding carboxylic acids is 1. The van der Waals surface area contributed by atoms with E-state index in [1.165, 1.54) is 0 Å². The predicted octanol–water partition coefficient (Wildman–Crippen LogP) is 4.57. The number of hydrogen-bond acceptors (Lipinski definition) is 6. The molecule has 1 aliphatic heterocycles. The maximum Gasteiger partial charge on any atom is 0.321 e. The van der Waals surface area contributed by atoms with Crippen molar-refractivity contribution in [3.05, 3.63) is 53.6 Å². The molecule has 1 heterocycles. The Morgan fingerprint density at radius 1 is 0.833 bits per heavy atom. The number of hydrogen-bond donors (Lipinski definition) is 0. The molecule has 0 bridgehead atoms. The molecule has 0 spiro atoms. The van der Waals surface area contributed by atoms with Gasteiger partial charge in [0.2, 0.25) is 0 Å². The number of ether oxygens (including phenoxy) is 5. The van der Waals surface area contributed by atoms with Crippen LogP contribution in [0.25, 0.3) is 12.2 Å². The smallest absolute Gasteiger partial charge is 0.321 e. The molecule has 0 radical (unpaired) electrons. The van der Waals surface area contributed by atoms with Gasteiger partial charge in [-0.15, -0.1) is 0 Å². The average Bonchev–Trinajstić information content (AvgIpc) is 2.74. The highest BCUT2D eigenvalue weighted by Gasteiger charge is 2.43. The van der Waals surface area contributed by atoms with E-state index in [2.05, 4.69) is 0 Å². The molecule has 1 fully saturated rings. The molecule has 160 valence electrons. The van der Waals surface area contributed by atoms with E-state index >= 15 is 0 Å². The van der Waals surface area contributed by atoms with Crippen LogP contribution in [-0.2, 0) is 14.3 Å². The third kappa shape index (κ3) is 5.40. The molecule has 0 amide bonds. The molecule has 0 unspecified atom stereocenters. The molecule has 0 atom stereocenters. The highest BCUT2D eigenvalue weighted by atomic mass is 16.7. The zero-order chi connectivity index (χ0) is 21.8. The number of carbonyl (C=O) groups is 1. The maximum absolute atomic E-state index is 12.8. The Bertz CT molecular complexity index is 904. The Balaban J connectivity index is 1.75. The summed E-state index contributed by atoms with van der Waals surface area (Å²) in [5.74, 6) is 0.693. The first-order valence-corrected chi connectivity index (χ1v) is 9.74. The van der Waals surface area contributed by atoms with Gasteiger partial charge in [-0.3, -0.25) is 4.79 Å². The first kappa shape index (κ1) is 21.9. The van der Waals surface area contributed by atoms with Crippen molar-refractivity contribution in [1.82, 2.24) is 0 Å². The Hall–Kier alpha value is -2.83. The third-order valence-electron chi connectivity index (χ3n) is 4.90. The fraction of sp³-hybridized carbons (Fsp3) is 0.375. The molecule has 0 aliphatic carbocycles. The van der Waals surface area contributed by atoms with Crippen LogP contribution in [0.1, 0.15) is 31.9 Å². The van der Waals surface area contributed by atoms with Crippen LogP contribution in [0.3, 0.4) is 0 Å². The number of benzene rings is 2. The monoisotopic (exact) mass is 412 g/mol. The van der Waals surface area contributed by atoms with E-state index in [0.717, 1.165) is 16.9 Å². The lowest BCUT2D eigenvalue weighted by Gasteiger charge is -2.39. The second-order valence-corrected chi connectivity index (χ2v) is 7.98. The minimum absolute atomic E-state index is 0.229. The first-order valence-electron chi connectivity index (χ1n) is 9.74. The summed E-state index contributed by atoms with van der Waals surface area (Å²) in [6.07, 6.45) is 3.89. The summed E-state index contributed by atoms with van der Waals surface area (Å²) in [4.78, 5) is 12.8. The molecule has 2 aromatic rings. The van der Waals surface area contributed by atoms with Crippen molar-refractivity contribution in [3.8, 4) is 17.2 Å². The average molecular weight is 412 g/mol. The van der Waals surface area contributed by atoms with Gasteiger partial charge in [0.25, 0.3) is 0 Å². The van der Waals surface area contributed by atoms with Gasteiger partial charge in [-0.2, -0.15) is 0 Å². The van der Waals surface area contributed by atoms with E-state index in [0.29, 0.717) is 11.5 Å². The van der Waals surface area contributed by atoms with Gasteiger partial charge in [-0.1, -0.05) is 24.3 Å². The standard InChI is InChI=1S/C24H28O6/c1-23(2)28-15-24(3,16-29-23)22(25)30-21-13-18(12-20(14-21)27-5)7-6-17-8-10-19(26-4)11-9-17/h6-14H,15-16H2,1-5H3/b7-6+. The van der Waals surface area contributed by atoms with Crippen LogP contribution >= 0.6 is 0 Å². The Morgan fingerprint density at radius 3 is 2.00 bits per heavy atom. The minimum Gasteiger partial charge on any atom is -0.497 e. The fourth-order valence-electron chi connectivity index (χ4n) is 2.87. The van der Waals surface area contributed by atoms with E-state index in [1.807, 2.05) is 56.3 Å². The van der Waals surface area contributed by atoms with Gasteiger partial charge < -0.3 is 23.7 Å². The fourth-order valence-corrected chi connectivity index (χ4v) is 2.87. The third-order valence-corrected chi connectivity index (χ3v) is 4.90. The van der Waals surface area contributed by atoms with E-state index in [1.54, 1.807) is 33.3 Å². The molecular formula is C24H28O6. The summed E-state index contributed by atoms with van der Waals surface area (Å²) in [5, 5.41) is 0. The molecule has 6 heteroatoms. The van der Waals surface area contributed by atoms with Gasteiger partial charge in [0, 0.05) is 6.07 Å². The van der Waals surface area contributed by atoms with Crippen LogP contribution < -0.4 is 14.2 Å². The summed E-state index contributed by atoms with van der Waals surface area (Å²) in [6.45, 7) is 5.87. The van der Waals surface area contributed by atoms with Crippen molar-refractivity contribution in [2.75, 3.05) is 27.4 Å². The predicted molar refractivity (Wildman–Crippen MR) is 115 cm³/mol. The molecule has 0 N–H and O–H groups in total. The molecular weight excluding hydrogens is 384 g/mol. The van der Waals surface area contributed by atoms with Crippen LogP contribution in [0.2, 0.25) is 0 Å². The van der Waals surface area contributed by atoms with E-state index in [-0.39, 0.29) is 13.2 Å². The van der Waals surface area contributed by atoms with Crippen LogP contribution in [0, 0.1) is 5.41 Å². The minimum atomic E-state index is -0.877. The SMILES string of the molecule is COc1ccc(/C=C/c2cc(OC)cc(OC(=O)C3(C)COC(C)(C)OC3)c2)cc1. The van der Waals surface area contributed by atoms with Crippen molar-refractivity contribution < 1.29 is 28.5 Å². The summed E-state index contributed by atoms with van der Waals surface area (Å²) < 4.78 is 27.5. The molecule has 3 rings (SSSR count). The molecule has 30 heavy (non-hydrogen) atoms. The van der Waals surface area contributed by atoms with Gasteiger partial charge in [-0.05, 0) is 56.2 Å². The van der Waals surface area contributed by atoms with Crippen molar-refractivity contribution in [2.24, 2.45) is 5.41 Å². The van der Waals surface area contributed by atoms with Gasteiger partial charge in [0.1, 0.15) is 22.7 Å². The zero-order valence-electron chi connectivity index (χ0n) is 18.1. The highest BCUT2D eigenvalue weighted by Crippen LogP contribution is 2.32. The van der Waals surface area contributed by atoms with Crippen LogP contribution in [0.5, 0.6) is 17.2 Å². The van der Waals surface area contributed by atoms with Gasteiger partial charge in [0.15, 0.2) is 5.79 Å². The van der Waals surface area contributed by atoms with Crippen LogP contribution in [-0.4, -0.2) is 39.2 Å². The highest BCUT2D eigenvalue weighted by molar-refractivity contribution is 5.80. The molecule has 1 saturated heterocycles. The normalized spacial score (nSPS) is 17.5. The van der Waals surface area contributed by atoms with Gasteiger partial charge in [-0.25, -0.2) is 0 Å². The lowest BCUT2D eigenvalue weighted by molar-refractivity contribution is -0.279. The van der Waals surface area contributed by atoms with Gasteiger partial charge >= 0.3 is 5.97 Å². The van der Waals surface area contributed by atoms with E-state index < -0.39 is 17.2 Å². The largest absolute Gasteiger partial charge is 0.497 e. The Labute approximate surface area is 177 Å². The zero-order valence-corrected chi connectivity index (χ0v) is 18.1. The molecule has 0 saturated carbocycles. The van der Waals surface area contributed by atoms with E-state index in [9.17, 15) is 4.79 Å². The summed E-state index contributed by atoms with van der Waals surface area (Å²) >= 11 is 0. The second kappa shape index (κ2) is 8.90. The van der Waals surface area contributed by atoms with Crippen LogP contribution in [0.15, 0.2) is 42.5 Å². The second-order valence-electron chi connectivity index (χ2n) is 7.98. The number of esters is 1. The topological polar surface area (TPSA) is 63.2 Å².